The molecule has 0 aliphatic carbocycles. The molecule has 1 heterocycles. The summed E-state index contributed by atoms with van der Waals surface area (Å²) in [6.45, 7) is 0. The standard InChI is InChI=1S/C21H16FN3O/c22-17-11-13-18(14-12-17)23-21-25-24-20(26-21)19(15-7-3-1-4-8-15)16-9-5-2-6-10-16/h1-14,19H,(H,23,25). The Hall–Kier alpha value is -3.47. The molecule has 0 fully saturated rings. The van der Waals surface area contributed by atoms with Crippen LogP contribution in [0, 0.1) is 5.82 Å². The van der Waals surface area contributed by atoms with Crippen LogP contribution < -0.4 is 5.32 Å². The summed E-state index contributed by atoms with van der Waals surface area (Å²) in [5.41, 5.74) is 2.81. The van der Waals surface area contributed by atoms with Crippen LogP contribution in [0.3, 0.4) is 0 Å². The molecule has 0 unspecified atom stereocenters. The maximum absolute atomic E-state index is 13.0. The zero-order valence-corrected chi connectivity index (χ0v) is 13.8. The van der Waals surface area contributed by atoms with Gasteiger partial charge in [0.2, 0.25) is 5.89 Å². The molecule has 0 spiro atoms. The van der Waals surface area contributed by atoms with E-state index < -0.39 is 0 Å². The molecule has 4 nitrogen and oxygen atoms in total. The van der Waals surface area contributed by atoms with Crippen molar-refractivity contribution in [1.29, 1.82) is 0 Å². The van der Waals surface area contributed by atoms with Crippen LogP contribution in [-0.2, 0) is 0 Å². The number of halogens is 1. The van der Waals surface area contributed by atoms with Crippen LogP contribution in [0.1, 0.15) is 22.9 Å². The lowest BCUT2D eigenvalue weighted by atomic mass is 9.91. The highest BCUT2D eigenvalue weighted by atomic mass is 19.1. The summed E-state index contributed by atoms with van der Waals surface area (Å²) in [5.74, 6) is 0.0377. The van der Waals surface area contributed by atoms with Gasteiger partial charge >= 0.3 is 6.01 Å². The Kier molecular flexibility index (Phi) is 4.43. The van der Waals surface area contributed by atoms with Gasteiger partial charge in [0.15, 0.2) is 0 Å². The van der Waals surface area contributed by atoms with Crippen molar-refractivity contribution < 1.29 is 8.81 Å². The van der Waals surface area contributed by atoms with Crippen molar-refractivity contribution in [1.82, 2.24) is 10.2 Å². The molecule has 0 saturated carbocycles. The Balaban J connectivity index is 1.67. The SMILES string of the molecule is Fc1ccc(Nc2nnc(C(c3ccccc3)c3ccccc3)o2)cc1. The first-order valence-corrected chi connectivity index (χ1v) is 8.25. The predicted molar refractivity (Wildman–Crippen MR) is 97.8 cm³/mol. The molecule has 0 saturated heterocycles. The normalized spacial score (nSPS) is 10.8. The second kappa shape index (κ2) is 7.19. The van der Waals surface area contributed by atoms with Gasteiger partial charge < -0.3 is 9.73 Å². The first-order chi connectivity index (χ1) is 12.8. The van der Waals surface area contributed by atoms with Crippen LogP contribution in [0.15, 0.2) is 89.3 Å². The van der Waals surface area contributed by atoms with E-state index in [1.54, 1.807) is 12.1 Å². The van der Waals surface area contributed by atoms with E-state index >= 15 is 0 Å². The smallest absolute Gasteiger partial charge is 0.320 e. The number of nitrogens with zero attached hydrogens (tertiary/aromatic N) is 2. The van der Waals surface area contributed by atoms with Gasteiger partial charge in [0, 0.05) is 5.69 Å². The lowest BCUT2D eigenvalue weighted by Crippen LogP contribution is -2.03. The number of benzene rings is 3. The molecule has 0 bridgehead atoms. The van der Waals surface area contributed by atoms with Crippen molar-refractivity contribution in [3.63, 3.8) is 0 Å². The third kappa shape index (κ3) is 3.47. The first kappa shape index (κ1) is 16.0. The van der Waals surface area contributed by atoms with Gasteiger partial charge in [-0.15, -0.1) is 5.10 Å². The summed E-state index contributed by atoms with van der Waals surface area (Å²) in [5, 5.41) is 11.3. The molecular weight excluding hydrogens is 329 g/mol. The molecule has 128 valence electrons. The lowest BCUT2D eigenvalue weighted by molar-refractivity contribution is 0.501. The molecule has 0 aliphatic heterocycles. The van der Waals surface area contributed by atoms with E-state index in [9.17, 15) is 4.39 Å². The van der Waals surface area contributed by atoms with Gasteiger partial charge in [-0.1, -0.05) is 65.8 Å². The highest BCUT2D eigenvalue weighted by Gasteiger charge is 2.22. The summed E-state index contributed by atoms with van der Waals surface area (Å²) in [6, 6.07) is 26.3. The van der Waals surface area contributed by atoms with Gasteiger partial charge in [-0.05, 0) is 35.4 Å². The minimum absolute atomic E-state index is 0.159. The number of hydrogen-bond donors (Lipinski definition) is 1. The summed E-state index contributed by atoms with van der Waals surface area (Å²) in [7, 11) is 0. The molecular formula is C21H16FN3O. The average molecular weight is 345 g/mol. The maximum Gasteiger partial charge on any atom is 0.320 e. The van der Waals surface area contributed by atoms with E-state index in [2.05, 4.69) is 15.5 Å². The molecule has 0 atom stereocenters. The third-order valence-electron chi connectivity index (χ3n) is 4.05. The molecule has 0 radical (unpaired) electrons. The van der Waals surface area contributed by atoms with Crippen molar-refractivity contribution >= 4 is 11.7 Å². The quantitative estimate of drug-likeness (QED) is 0.545. The van der Waals surface area contributed by atoms with Crippen molar-refractivity contribution in [3.05, 3.63) is 108 Å². The molecule has 26 heavy (non-hydrogen) atoms. The van der Waals surface area contributed by atoms with Crippen LogP contribution in [-0.4, -0.2) is 10.2 Å². The summed E-state index contributed by atoms with van der Waals surface area (Å²) >= 11 is 0. The monoisotopic (exact) mass is 345 g/mol. The topological polar surface area (TPSA) is 51.0 Å². The van der Waals surface area contributed by atoms with Crippen LogP contribution >= 0.6 is 0 Å². The summed E-state index contributed by atoms with van der Waals surface area (Å²) in [4.78, 5) is 0. The molecule has 0 aliphatic rings. The number of nitrogens with one attached hydrogen (secondary N) is 1. The first-order valence-electron chi connectivity index (χ1n) is 8.25. The Morgan fingerprint density at radius 1 is 0.731 bits per heavy atom. The number of anilines is 2. The van der Waals surface area contributed by atoms with Crippen LogP contribution in [0.4, 0.5) is 16.1 Å². The number of aromatic nitrogens is 2. The summed E-state index contributed by atoms with van der Waals surface area (Å²) in [6.07, 6.45) is 0. The zero-order valence-electron chi connectivity index (χ0n) is 13.8. The fourth-order valence-corrected chi connectivity index (χ4v) is 2.83. The highest BCUT2D eigenvalue weighted by Crippen LogP contribution is 2.32. The van der Waals surface area contributed by atoms with E-state index in [0.717, 1.165) is 11.1 Å². The second-order valence-electron chi connectivity index (χ2n) is 5.83. The number of rotatable bonds is 5. The second-order valence-corrected chi connectivity index (χ2v) is 5.83. The van der Waals surface area contributed by atoms with Gasteiger partial charge in [0.1, 0.15) is 5.82 Å². The molecule has 4 rings (SSSR count). The molecule has 4 aromatic rings. The zero-order chi connectivity index (χ0) is 17.8. The van der Waals surface area contributed by atoms with Gasteiger partial charge in [-0.25, -0.2) is 4.39 Å². The lowest BCUT2D eigenvalue weighted by Gasteiger charge is -2.13. The van der Waals surface area contributed by atoms with Crippen molar-refractivity contribution in [2.45, 2.75) is 5.92 Å². The minimum atomic E-state index is -0.296. The Morgan fingerprint density at radius 3 is 1.88 bits per heavy atom. The highest BCUT2D eigenvalue weighted by molar-refractivity contribution is 5.51. The van der Waals surface area contributed by atoms with E-state index in [1.807, 2.05) is 60.7 Å². The van der Waals surface area contributed by atoms with E-state index in [1.165, 1.54) is 12.1 Å². The maximum atomic E-state index is 13.0. The molecule has 1 aromatic heterocycles. The largest absolute Gasteiger partial charge is 0.407 e. The van der Waals surface area contributed by atoms with E-state index in [4.69, 9.17) is 4.42 Å². The fraction of sp³-hybridized carbons (Fsp3) is 0.0476. The van der Waals surface area contributed by atoms with Gasteiger partial charge in [-0.2, -0.15) is 0 Å². The Bertz CT molecular complexity index is 930. The molecule has 3 aromatic carbocycles. The van der Waals surface area contributed by atoms with Gasteiger partial charge in [-0.3, -0.25) is 0 Å². The average Bonchev–Trinajstić information content (AvgIpc) is 3.13. The minimum Gasteiger partial charge on any atom is -0.407 e. The third-order valence-corrected chi connectivity index (χ3v) is 4.05. The van der Waals surface area contributed by atoms with E-state index in [0.29, 0.717) is 11.6 Å². The van der Waals surface area contributed by atoms with Crippen molar-refractivity contribution in [2.24, 2.45) is 0 Å². The predicted octanol–water partition coefficient (Wildman–Crippen LogP) is 5.13. The van der Waals surface area contributed by atoms with E-state index in [-0.39, 0.29) is 17.7 Å². The molecule has 0 amide bonds. The number of hydrogen-bond acceptors (Lipinski definition) is 4. The van der Waals surface area contributed by atoms with Gasteiger partial charge in [0.05, 0.1) is 5.92 Å². The van der Waals surface area contributed by atoms with Crippen LogP contribution in [0.5, 0.6) is 0 Å². The fourth-order valence-electron chi connectivity index (χ4n) is 2.83. The Labute approximate surface area is 150 Å². The molecule has 1 N–H and O–H groups in total. The summed E-state index contributed by atoms with van der Waals surface area (Å²) < 4.78 is 18.9. The van der Waals surface area contributed by atoms with Gasteiger partial charge in [0.25, 0.3) is 0 Å². The van der Waals surface area contributed by atoms with Crippen LogP contribution in [0.2, 0.25) is 0 Å². The van der Waals surface area contributed by atoms with Crippen molar-refractivity contribution in [3.8, 4) is 0 Å². The van der Waals surface area contributed by atoms with Crippen LogP contribution in [0.25, 0.3) is 0 Å². The van der Waals surface area contributed by atoms with Crippen molar-refractivity contribution in [2.75, 3.05) is 5.32 Å². The Morgan fingerprint density at radius 2 is 1.31 bits per heavy atom. The molecule has 5 heteroatoms.